The van der Waals surface area contributed by atoms with Crippen molar-refractivity contribution in [3.05, 3.63) is 68.9 Å². The number of benzene rings is 2. The van der Waals surface area contributed by atoms with Gasteiger partial charge < -0.3 is 19.5 Å². The molecule has 0 fully saturated rings. The fourth-order valence-electron chi connectivity index (χ4n) is 5.07. The minimum atomic E-state index is -0.587. The summed E-state index contributed by atoms with van der Waals surface area (Å²) in [5.41, 5.74) is 2.90. The van der Waals surface area contributed by atoms with Crippen molar-refractivity contribution < 1.29 is 23.9 Å². The van der Waals surface area contributed by atoms with Crippen LogP contribution >= 0.6 is 11.8 Å². The predicted molar refractivity (Wildman–Crippen MR) is 146 cm³/mol. The second-order valence-corrected chi connectivity index (χ2v) is 11.1. The molecule has 204 valence electrons. The SMILES string of the molecule is COc1cc(OC)c(C2C3=C(CC(C)(C)CC3=O)Nc3nc(SCc4ccc([N+](=O)[O-])cc4)nn32)cc1OC. The van der Waals surface area contributed by atoms with Gasteiger partial charge in [-0.05, 0) is 23.5 Å². The largest absolute Gasteiger partial charge is 0.496 e. The molecule has 5 rings (SSSR count). The molecule has 12 heteroatoms. The number of thioether (sulfide) groups is 1. The highest BCUT2D eigenvalue weighted by molar-refractivity contribution is 7.98. The van der Waals surface area contributed by atoms with Gasteiger partial charge in [0.05, 0.1) is 26.3 Å². The van der Waals surface area contributed by atoms with Crippen molar-refractivity contribution in [2.45, 2.75) is 43.6 Å². The van der Waals surface area contributed by atoms with E-state index < -0.39 is 11.0 Å². The third kappa shape index (κ3) is 5.03. The number of nitrogens with one attached hydrogen (secondary N) is 1. The van der Waals surface area contributed by atoms with Gasteiger partial charge in [0.25, 0.3) is 5.69 Å². The maximum Gasteiger partial charge on any atom is 0.269 e. The van der Waals surface area contributed by atoms with Gasteiger partial charge in [0.15, 0.2) is 17.3 Å². The minimum absolute atomic E-state index is 0.0387. The van der Waals surface area contributed by atoms with Gasteiger partial charge >= 0.3 is 0 Å². The summed E-state index contributed by atoms with van der Waals surface area (Å²) in [7, 11) is 4.68. The first-order chi connectivity index (χ1) is 18.6. The predicted octanol–water partition coefficient (Wildman–Crippen LogP) is 5.16. The van der Waals surface area contributed by atoms with E-state index in [0.717, 1.165) is 11.3 Å². The van der Waals surface area contributed by atoms with Gasteiger partial charge in [-0.25, -0.2) is 4.68 Å². The number of rotatable bonds is 8. The van der Waals surface area contributed by atoms with Crippen LogP contribution in [0, 0.1) is 15.5 Å². The number of fused-ring (bicyclic) bond motifs is 1. The van der Waals surface area contributed by atoms with E-state index in [1.165, 1.54) is 23.9 Å². The lowest BCUT2D eigenvalue weighted by Gasteiger charge is -2.38. The number of methoxy groups -OCH3 is 3. The summed E-state index contributed by atoms with van der Waals surface area (Å²) in [6, 6.07) is 9.38. The Morgan fingerprint density at radius 2 is 1.74 bits per heavy atom. The van der Waals surface area contributed by atoms with Crippen LogP contribution in [0.15, 0.2) is 52.8 Å². The second-order valence-electron chi connectivity index (χ2n) is 10.2. The van der Waals surface area contributed by atoms with Crippen LogP contribution in [0.25, 0.3) is 0 Å². The molecule has 1 aliphatic heterocycles. The first kappa shape index (κ1) is 26.5. The number of anilines is 1. The van der Waals surface area contributed by atoms with E-state index in [4.69, 9.17) is 24.3 Å². The first-order valence-electron chi connectivity index (χ1n) is 12.3. The summed E-state index contributed by atoms with van der Waals surface area (Å²) in [5.74, 6) is 2.63. The summed E-state index contributed by atoms with van der Waals surface area (Å²) in [5, 5.41) is 19.6. The van der Waals surface area contributed by atoms with Gasteiger partial charge in [-0.1, -0.05) is 37.7 Å². The molecule has 39 heavy (non-hydrogen) atoms. The Kier molecular flexibility index (Phi) is 6.98. The molecule has 0 saturated carbocycles. The lowest BCUT2D eigenvalue weighted by Crippen LogP contribution is -2.36. The number of allylic oxidation sites excluding steroid dienone is 2. The Morgan fingerprint density at radius 1 is 1.08 bits per heavy atom. The lowest BCUT2D eigenvalue weighted by molar-refractivity contribution is -0.384. The fraction of sp³-hybridized carbons (Fsp3) is 0.370. The molecule has 1 unspecified atom stereocenters. The molecule has 3 aromatic rings. The third-order valence-corrected chi connectivity index (χ3v) is 7.77. The first-order valence-corrected chi connectivity index (χ1v) is 13.3. The van der Waals surface area contributed by atoms with Gasteiger partial charge in [-0.15, -0.1) is 5.10 Å². The number of carbonyl (C=O) groups is 1. The zero-order chi connectivity index (χ0) is 27.9. The number of aromatic nitrogens is 3. The minimum Gasteiger partial charge on any atom is -0.496 e. The summed E-state index contributed by atoms with van der Waals surface area (Å²) in [4.78, 5) is 28.9. The number of ether oxygens (including phenoxy) is 3. The van der Waals surface area contributed by atoms with Gasteiger partial charge in [0.1, 0.15) is 11.8 Å². The molecule has 0 saturated heterocycles. The molecule has 2 aliphatic rings. The molecule has 0 amide bonds. The van der Waals surface area contributed by atoms with Crippen molar-refractivity contribution in [3.63, 3.8) is 0 Å². The summed E-state index contributed by atoms with van der Waals surface area (Å²) in [6.45, 7) is 4.15. The monoisotopic (exact) mass is 551 g/mol. The fourth-order valence-corrected chi connectivity index (χ4v) is 5.85. The van der Waals surface area contributed by atoms with E-state index in [1.54, 1.807) is 44.2 Å². The van der Waals surface area contributed by atoms with Crippen molar-refractivity contribution in [1.82, 2.24) is 14.8 Å². The van der Waals surface area contributed by atoms with Gasteiger partial charge in [0.2, 0.25) is 11.1 Å². The zero-order valence-electron chi connectivity index (χ0n) is 22.3. The molecule has 0 bridgehead atoms. The molecular weight excluding hydrogens is 522 g/mol. The Bertz CT molecular complexity index is 1480. The van der Waals surface area contributed by atoms with E-state index >= 15 is 0 Å². The number of nitro groups is 1. The van der Waals surface area contributed by atoms with Crippen molar-refractivity contribution in [3.8, 4) is 17.2 Å². The molecule has 0 spiro atoms. The van der Waals surface area contributed by atoms with E-state index in [0.29, 0.717) is 58.1 Å². The summed E-state index contributed by atoms with van der Waals surface area (Å²) in [6.07, 6.45) is 1.09. The summed E-state index contributed by atoms with van der Waals surface area (Å²) < 4.78 is 18.5. The lowest BCUT2D eigenvalue weighted by atomic mass is 9.73. The van der Waals surface area contributed by atoms with Crippen LogP contribution in [0.5, 0.6) is 17.2 Å². The average Bonchev–Trinajstić information content (AvgIpc) is 3.32. The molecule has 1 aromatic heterocycles. The zero-order valence-corrected chi connectivity index (χ0v) is 23.1. The van der Waals surface area contributed by atoms with Crippen LogP contribution in [0.4, 0.5) is 11.6 Å². The van der Waals surface area contributed by atoms with Gasteiger partial charge in [-0.2, -0.15) is 4.98 Å². The molecular formula is C27H29N5O6S. The number of ketones is 1. The number of Topliss-reactive ketones (excluding diaryl/α,β-unsaturated/α-hetero) is 1. The summed E-state index contributed by atoms with van der Waals surface area (Å²) >= 11 is 1.40. The smallest absolute Gasteiger partial charge is 0.269 e. The normalized spacial score (nSPS) is 17.7. The van der Waals surface area contributed by atoms with E-state index in [9.17, 15) is 14.9 Å². The molecule has 1 aliphatic carbocycles. The van der Waals surface area contributed by atoms with Crippen molar-refractivity contribution >= 4 is 29.2 Å². The van der Waals surface area contributed by atoms with Crippen LogP contribution in [-0.4, -0.2) is 46.8 Å². The number of nitro benzene ring substituents is 1. The number of hydrogen-bond donors (Lipinski definition) is 1. The molecule has 1 atom stereocenters. The van der Waals surface area contributed by atoms with Gasteiger partial charge in [-0.3, -0.25) is 14.9 Å². The second kappa shape index (κ2) is 10.3. The number of hydrogen-bond acceptors (Lipinski definition) is 10. The van der Waals surface area contributed by atoms with E-state index in [-0.39, 0.29) is 16.9 Å². The molecule has 11 nitrogen and oxygen atoms in total. The average molecular weight is 552 g/mol. The Balaban J connectivity index is 1.56. The highest BCUT2D eigenvalue weighted by Crippen LogP contribution is 2.49. The Morgan fingerprint density at radius 3 is 2.38 bits per heavy atom. The molecule has 2 aromatic carbocycles. The number of carbonyl (C=O) groups excluding carboxylic acids is 1. The number of nitrogens with zero attached hydrogens (tertiary/aromatic N) is 4. The maximum atomic E-state index is 13.6. The Labute approximate surface area is 229 Å². The highest BCUT2D eigenvalue weighted by Gasteiger charge is 2.43. The van der Waals surface area contributed by atoms with Crippen LogP contribution in [0.1, 0.15) is 43.9 Å². The quantitative estimate of drug-likeness (QED) is 0.227. The van der Waals surface area contributed by atoms with E-state index in [2.05, 4.69) is 19.2 Å². The van der Waals surface area contributed by atoms with Crippen molar-refractivity contribution in [2.75, 3.05) is 26.6 Å². The molecule has 2 heterocycles. The van der Waals surface area contributed by atoms with Crippen molar-refractivity contribution in [1.29, 1.82) is 0 Å². The van der Waals surface area contributed by atoms with Crippen LogP contribution < -0.4 is 19.5 Å². The topological polar surface area (TPSA) is 131 Å². The standard InChI is InChI=1S/C27H29N5O6S/c1-27(2)12-18-23(19(33)13-27)24(17-10-21(37-4)22(38-5)11-20(17)36-3)31-25(28-18)29-26(30-31)39-14-15-6-8-16(9-7-15)32(34)35/h6-11,24H,12-14H2,1-5H3,(H,28,29,30). The van der Waals surface area contributed by atoms with Crippen LogP contribution in [0.3, 0.4) is 0 Å². The number of non-ortho nitro benzene ring substituents is 1. The van der Waals surface area contributed by atoms with Gasteiger partial charge in [0, 0.05) is 47.2 Å². The van der Waals surface area contributed by atoms with Crippen molar-refractivity contribution in [2.24, 2.45) is 5.41 Å². The molecule has 0 radical (unpaired) electrons. The molecule has 1 N–H and O–H groups in total. The highest BCUT2D eigenvalue weighted by atomic mass is 32.2. The van der Waals surface area contributed by atoms with E-state index in [1.807, 2.05) is 6.07 Å². The maximum absolute atomic E-state index is 13.6. The third-order valence-electron chi connectivity index (χ3n) is 6.86. The van der Waals surface area contributed by atoms with Crippen LogP contribution in [0.2, 0.25) is 0 Å². The van der Waals surface area contributed by atoms with Crippen LogP contribution in [-0.2, 0) is 10.5 Å². The Hall–Kier alpha value is -4.06.